The molecule has 1 unspecified atom stereocenters. The molecule has 1 fully saturated rings. The largest absolute Gasteiger partial charge is 0.388 e. The molecule has 3 N–H and O–H groups in total. The number of rotatable bonds is 3. The molecule has 1 aromatic rings. The second-order valence-electron chi connectivity index (χ2n) is 3.83. The zero-order chi connectivity index (χ0) is 12.5. The number of benzene rings is 1. The van der Waals surface area contributed by atoms with Crippen molar-refractivity contribution in [2.45, 2.75) is 11.7 Å². The lowest BCUT2D eigenvalue weighted by molar-refractivity contribution is 0.0984. The number of ketones is 1. The van der Waals surface area contributed by atoms with E-state index in [2.05, 4.69) is 5.32 Å². The lowest BCUT2D eigenvalue weighted by Gasteiger charge is -2.25. The normalized spacial score (nSPS) is 24.3. The summed E-state index contributed by atoms with van der Waals surface area (Å²) in [6, 6.07) is 6.88. The maximum atomic E-state index is 12.1. The summed E-state index contributed by atoms with van der Waals surface area (Å²) in [7, 11) is -1.43. The number of hydrogen-bond donors (Lipinski definition) is 3. The molecule has 0 aromatic heterocycles. The average molecular weight is 257 g/mol. The van der Waals surface area contributed by atoms with Crippen molar-refractivity contribution in [1.82, 2.24) is 0 Å². The minimum Gasteiger partial charge on any atom is -0.388 e. The van der Waals surface area contributed by atoms with Gasteiger partial charge in [-0.15, -0.1) is 0 Å². The Kier molecular flexibility index (Phi) is 3.39. The van der Waals surface area contributed by atoms with Crippen molar-refractivity contribution in [1.29, 1.82) is 0 Å². The van der Waals surface area contributed by atoms with Gasteiger partial charge in [0.1, 0.15) is 5.25 Å². The lowest BCUT2D eigenvalue weighted by Crippen LogP contribution is -2.23. The van der Waals surface area contributed by atoms with Gasteiger partial charge in [-0.3, -0.25) is 8.98 Å². The van der Waals surface area contributed by atoms with E-state index in [9.17, 15) is 13.9 Å². The molecular weight excluding hydrogens is 242 g/mol. The van der Waals surface area contributed by atoms with Gasteiger partial charge in [0.05, 0.1) is 17.5 Å². The van der Waals surface area contributed by atoms with E-state index in [-0.39, 0.29) is 12.4 Å². The number of nitrogens with one attached hydrogen (secondary N) is 1. The highest BCUT2D eigenvalue weighted by Gasteiger charge is 2.41. The van der Waals surface area contributed by atoms with Crippen LogP contribution in [0.25, 0.3) is 0 Å². The third-order valence-corrected chi connectivity index (χ3v) is 4.46. The molecule has 1 heterocycles. The molecule has 6 heteroatoms. The van der Waals surface area contributed by atoms with Crippen LogP contribution in [0.5, 0.6) is 0 Å². The molecule has 0 spiro atoms. The van der Waals surface area contributed by atoms with Crippen LogP contribution in [0.4, 0.5) is 5.69 Å². The topological polar surface area (TPSA) is 78.8 Å². The fourth-order valence-corrected chi connectivity index (χ4v) is 3.10. The molecule has 1 aliphatic rings. The van der Waals surface area contributed by atoms with Crippen LogP contribution >= 0.6 is 10.9 Å². The summed E-state index contributed by atoms with van der Waals surface area (Å²) in [4.78, 5) is 12.1. The maximum absolute atomic E-state index is 12.1. The van der Waals surface area contributed by atoms with Gasteiger partial charge in [-0.1, -0.05) is 0 Å². The quantitative estimate of drug-likeness (QED) is 0.724. The van der Waals surface area contributed by atoms with Gasteiger partial charge in [0.15, 0.2) is 5.78 Å². The van der Waals surface area contributed by atoms with E-state index >= 15 is 0 Å². The monoisotopic (exact) mass is 257 g/mol. The second-order valence-corrected chi connectivity index (χ2v) is 5.71. The molecule has 94 valence electrons. The summed E-state index contributed by atoms with van der Waals surface area (Å²) in [5.74, 6) is -0.273. The van der Waals surface area contributed by atoms with E-state index in [4.69, 9.17) is 4.18 Å². The Labute approximate surface area is 101 Å². The summed E-state index contributed by atoms with van der Waals surface area (Å²) in [6.07, 6.45) is 0.356. The van der Waals surface area contributed by atoms with E-state index in [1.165, 1.54) is 0 Å². The first-order chi connectivity index (χ1) is 8.04. The number of Topliss-reactive ketones (excluding diaryl/α,β-unsaturated/α-hetero) is 1. The van der Waals surface area contributed by atoms with E-state index in [1.54, 1.807) is 31.3 Å². The molecule has 0 saturated carbocycles. The highest BCUT2D eigenvalue weighted by atomic mass is 32.3. The van der Waals surface area contributed by atoms with E-state index in [0.717, 1.165) is 5.69 Å². The zero-order valence-corrected chi connectivity index (χ0v) is 10.2. The molecule has 0 radical (unpaired) electrons. The number of anilines is 1. The maximum Gasteiger partial charge on any atom is 0.181 e. The Hall–Kier alpha value is -1.08. The van der Waals surface area contributed by atoms with E-state index in [1.807, 2.05) is 0 Å². The van der Waals surface area contributed by atoms with Gasteiger partial charge in [-0.2, -0.15) is 0 Å². The first-order valence-electron chi connectivity index (χ1n) is 5.28. The van der Waals surface area contributed by atoms with Gasteiger partial charge < -0.3 is 14.4 Å². The van der Waals surface area contributed by atoms with Crippen molar-refractivity contribution in [3.63, 3.8) is 0 Å². The van der Waals surface area contributed by atoms with Gasteiger partial charge in [-0.25, -0.2) is 0 Å². The Balaban J connectivity index is 2.19. The van der Waals surface area contributed by atoms with Gasteiger partial charge >= 0.3 is 0 Å². The van der Waals surface area contributed by atoms with Crippen LogP contribution in [-0.4, -0.2) is 33.8 Å². The predicted octanol–water partition coefficient (Wildman–Crippen LogP) is 2.37. The van der Waals surface area contributed by atoms with Gasteiger partial charge in [0, 0.05) is 18.3 Å². The predicted molar refractivity (Wildman–Crippen MR) is 67.5 cm³/mol. The summed E-state index contributed by atoms with van der Waals surface area (Å²) in [5.41, 5.74) is 1.37. The molecule has 0 bridgehead atoms. The smallest absolute Gasteiger partial charge is 0.181 e. The van der Waals surface area contributed by atoms with Crippen molar-refractivity contribution in [3.8, 4) is 0 Å². The molecule has 0 amide bonds. The van der Waals surface area contributed by atoms with Gasteiger partial charge in [0.2, 0.25) is 0 Å². The SMILES string of the molecule is CNc1ccc(C(=O)C2CCOS2(O)O)cc1. The first kappa shape index (κ1) is 12.4. The number of carbonyl (C=O) groups excluding carboxylic acids is 1. The van der Waals surface area contributed by atoms with Gasteiger partial charge in [-0.05, 0) is 30.7 Å². The highest BCUT2D eigenvalue weighted by Crippen LogP contribution is 2.52. The van der Waals surface area contributed by atoms with Gasteiger partial charge in [0.25, 0.3) is 0 Å². The molecule has 1 atom stereocenters. The standard InChI is InChI=1S/C11H15NO4S/c1-12-9-4-2-8(3-5-9)11(13)10-6-7-16-17(10,14)15/h2-5,10,12,14-15H,6-7H2,1H3. The van der Waals surface area contributed by atoms with Crippen LogP contribution in [0, 0.1) is 0 Å². The average Bonchev–Trinajstić information content (AvgIpc) is 2.68. The second kappa shape index (κ2) is 4.66. The first-order valence-corrected chi connectivity index (χ1v) is 6.81. The van der Waals surface area contributed by atoms with Crippen LogP contribution < -0.4 is 5.32 Å². The zero-order valence-electron chi connectivity index (χ0n) is 9.42. The van der Waals surface area contributed by atoms with Crippen molar-refractivity contribution in [3.05, 3.63) is 29.8 Å². The summed E-state index contributed by atoms with van der Waals surface area (Å²) in [6.45, 7) is 0.216. The molecule has 1 aromatic carbocycles. The molecule has 2 rings (SSSR count). The summed E-state index contributed by atoms with van der Waals surface area (Å²) < 4.78 is 23.9. The molecule has 0 aliphatic carbocycles. The lowest BCUT2D eigenvalue weighted by atomic mass is 10.1. The highest BCUT2D eigenvalue weighted by molar-refractivity contribution is 8.21. The third-order valence-electron chi connectivity index (χ3n) is 2.76. The Morgan fingerprint density at radius 3 is 2.53 bits per heavy atom. The Morgan fingerprint density at radius 1 is 1.41 bits per heavy atom. The third kappa shape index (κ3) is 2.44. The van der Waals surface area contributed by atoms with Crippen molar-refractivity contribution in [2.24, 2.45) is 0 Å². The Bertz CT molecular complexity index is 418. The molecule has 1 saturated heterocycles. The fraction of sp³-hybridized carbons (Fsp3) is 0.364. The van der Waals surface area contributed by atoms with Crippen LogP contribution in [0.2, 0.25) is 0 Å². The molecule has 1 aliphatic heterocycles. The summed E-state index contributed by atoms with van der Waals surface area (Å²) in [5, 5.41) is 2.12. The number of carbonyl (C=O) groups is 1. The van der Waals surface area contributed by atoms with Crippen LogP contribution in [0.15, 0.2) is 24.3 Å². The van der Waals surface area contributed by atoms with Crippen molar-refractivity contribution >= 4 is 22.3 Å². The molecule has 5 nitrogen and oxygen atoms in total. The minimum absolute atomic E-state index is 0.216. The molecular formula is C11H15NO4S. The minimum atomic E-state index is -3.22. The van der Waals surface area contributed by atoms with Crippen LogP contribution in [0.3, 0.4) is 0 Å². The number of hydrogen-bond acceptors (Lipinski definition) is 5. The van der Waals surface area contributed by atoms with Crippen molar-refractivity contribution < 1.29 is 18.1 Å². The fourth-order valence-electron chi connectivity index (χ4n) is 1.77. The summed E-state index contributed by atoms with van der Waals surface area (Å²) >= 11 is 0. The van der Waals surface area contributed by atoms with E-state index < -0.39 is 16.1 Å². The van der Waals surface area contributed by atoms with E-state index in [0.29, 0.717) is 12.0 Å². The van der Waals surface area contributed by atoms with Crippen LogP contribution in [0.1, 0.15) is 16.8 Å². The van der Waals surface area contributed by atoms with Crippen LogP contribution in [-0.2, 0) is 4.18 Å². The molecule has 17 heavy (non-hydrogen) atoms. The van der Waals surface area contributed by atoms with Crippen molar-refractivity contribution in [2.75, 3.05) is 19.0 Å². The Morgan fingerprint density at radius 2 is 2.06 bits per heavy atom.